The van der Waals surface area contributed by atoms with Gasteiger partial charge in [0.1, 0.15) is 11.4 Å². The third-order valence-corrected chi connectivity index (χ3v) is 4.02. The monoisotopic (exact) mass is 306 g/mol. The van der Waals surface area contributed by atoms with Crippen molar-refractivity contribution in [2.45, 2.75) is 0 Å². The van der Waals surface area contributed by atoms with E-state index in [1.54, 1.807) is 36.6 Å². The molecule has 6 heteroatoms. The number of nitrogen functional groups attached to an aromatic ring is 1. The predicted molar refractivity (Wildman–Crippen MR) is 81.2 cm³/mol. The minimum atomic E-state index is 0.244. The van der Waals surface area contributed by atoms with Gasteiger partial charge < -0.3 is 15.0 Å². The molecule has 3 aromatic rings. The fourth-order valence-corrected chi connectivity index (χ4v) is 2.90. The molecule has 0 aliphatic rings. The standard InChI is InChI=1S/C14H11ClN2O2S/c1-18-10-5-4-8(15)7-9(10)12-13(17-19-14(12)16)11-3-2-6-20-11/h2-7H,16H2,1H3. The first-order valence-corrected chi connectivity index (χ1v) is 7.09. The zero-order chi connectivity index (χ0) is 14.1. The number of nitrogens with two attached hydrogens (primary N) is 1. The summed E-state index contributed by atoms with van der Waals surface area (Å²) in [4.78, 5) is 0.975. The molecule has 3 rings (SSSR count). The Morgan fingerprint density at radius 3 is 2.90 bits per heavy atom. The summed E-state index contributed by atoms with van der Waals surface area (Å²) < 4.78 is 10.5. The molecule has 0 spiro atoms. The van der Waals surface area contributed by atoms with E-state index in [0.717, 1.165) is 10.4 Å². The summed E-state index contributed by atoms with van der Waals surface area (Å²) in [5, 5.41) is 6.62. The second kappa shape index (κ2) is 5.19. The number of ether oxygens (including phenoxy) is 1. The Morgan fingerprint density at radius 1 is 1.35 bits per heavy atom. The molecule has 0 saturated heterocycles. The number of methoxy groups -OCH3 is 1. The van der Waals surface area contributed by atoms with E-state index in [-0.39, 0.29) is 5.88 Å². The molecule has 20 heavy (non-hydrogen) atoms. The molecule has 102 valence electrons. The van der Waals surface area contributed by atoms with Crippen molar-refractivity contribution < 1.29 is 9.26 Å². The highest BCUT2D eigenvalue weighted by atomic mass is 35.5. The van der Waals surface area contributed by atoms with Crippen LogP contribution in [0.3, 0.4) is 0 Å². The van der Waals surface area contributed by atoms with E-state index in [0.29, 0.717) is 22.0 Å². The number of hydrogen-bond donors (Lipinski definition) is 1. The molecule has 2 aromatic heterocycles. The van der Waals surface area contributed by atoms with Gasteiger partial charge in [0.2, 0.25) is 5.88 Å². The number of nitrogens with zero attached hydrogens (tertiary/aromatic N) is 1. The van der Waals surface area contributed by atoms with Gasteiger partial charge in [0.05, 0.1) is 17.6 Å². The van der Waals surface area contributed by atoms with Crippen molar-refractivity contribution >= 4 is 28.8 Å². The van der Waals surface area contributed by atoms with E-state index in [9.17, 15) is 0 Å². The van der Waals surface area contributed by atoms with Crippen LogP contribution in [-0.2, 0) is 0 Å². The average molecular weight is 307 g/mol. The predicted octanol–water partition coefficient (Wildman–Crippen LogP) is 4.31. The van der Waals surface area contributed by atoms with Crippen LogP contribution in [0.25, 0.3) is 21.7 Å². The third-order valence-electron chi connectivity index (χ3n) is 2.90. The van der Waals surface area contributed by atoms with Crippen molar-refractivity contribution in [1.82, 2.24) is 5.16 Å². The van der Waals surface area contributed by atoms with Crippen molar-refractivity contribution in [3.05, 3.63) is 40.7 Å². The van der Waals surface area contributed by atoms with Gasteiger partial charge in [0.25, 0.3) is 0 Å². The molecule has 0 unspecified atom stereocenters. The maximum atomic E-state index is 6.08. The highest BCUT2D eigenvalue weighted by molar-refractivity contribution is 7.13. The lowest BCUT2D eigenvalue weighted by Gasteiger charge is -2.08. The number of aromatic nitrogens is 1. The lowest BCUT2D eigenvalue weighted by molar-refractivity contribution is 0.416. The number of rotatable bonds is 3. The van der Waals surface area contributed by atoms with Crippen LogP contribution < -0.4 is 10.5 Å². The molecule has 0 atom stereocenters. The summed E-state index contributed by atoms with van der Waals surface area (Å²) in [6.07, 6.45) is 0. The summed E-state index contributed by atoms with van der Waals surface area (Å²) in [7, 11) is 1.60. The highest BCUT2D eigenvalue weighted by Gasteiger charge is 2.21. The number of anilines is 1. The number of benzene rings is 1. The number of halogens is 1. The number of thiophene rings is 1. The van der Waals surface area contributed by atoms with Gasteiger partial charge in [-0.05, 0) is 29.6 Å². The van der Waals surface area contributed by atoms with Crippen molar-refractivity contribution in [2.75, 3.05) is 12.8 Å². The fraction of sp³-hybridized carbons (Fsp3) is 0.0714. The van der Waals surface area contributed by atoms with E-state index in [2.05, 4.69) is 5.16 Å². The Morgan fingerprint density at radius 2 is 2.20 bits per heavy atom. The molecular weight excluding hydrogens is 296 g/mol. The van der Waals surface area contributed by atoms with E-state index in [1.807, 2.05) is 17.5 Å². The van der Waals surface area contributed by atoms with Crippen LogP contribution in [0, 0.1) is 0 Å². The van der Waals surface area contributed by atoms with E-state index >= 15 is 0 Å². The first kappa shape index (κ1) is 13.0. The van der Waals surface area contributed by atoms with Gasteiger partial charge in [0.15, 0.2) is 0 Å². The van der Waals surface area contributed by atoms with Crippen LogP contribution in [0.4, 0.5) is 5.88 Å². The normalized spacial score (nSPS) is 10.7. The Hall–Kier alpha value is -1.98. The fourth-order valence-electron chi connectivity index (χ4n) is 2.02. The SMILES string of the molecule is COc1ccc(Cl)cc1-c1c(-c2cccs2)noc1N. The zero-order valence-corrected chi connectivity index (χ0v) is 12.2. The van der Waals surface area contributed by atoms with Crippen molar-refractivity contribution in [3.8, 4) is 27.4 Å². The van der Waals surface area contributed by atoms with Gasteiger partial charge in [-0.15, -0.1) is 11.3 Å². The molecule has 0 fully saturated rings. The molecular formula is C14H11ClN2O2S. The van der Waals surface area contributed by atoms with Gasteiger partial charge in [-0.25, -0.2) is 0 Å². The maximum Gasteiger partial charge on any atom is 0.230 e. The summed E-state index contributed by atoms with van der Waals surface area (Å²) in [6.45, 7) is 0. The lowest BCUT2D eigenvalue weighted by atomic mass is 10.0. The Labute approximate surface area is 124 Å². The molecule has 2 N–H and O–H groups in total. The lowest BCUT2D eigenvalue weighted by Crippen LogP contribution is -1.91. The van der Waals surface area contributed by atoms with Crippen molar-refractivity contribution in [2.24, 2.45) is 0 Å². The number of hydrogen-bond acceptors (Lipinski definition) is 5. The topological polar surface area (TPSA) is 61.3 Å². The third kappa shape index (κ3) is 2.15. The zero-order valence-electron chi connectivity index (χ0n) is 10.6. The van der Waals surface area contributed by atoms with Gasteiger partial charge in [-0.2, -0.15) is 0 Å². The van der Waals surface area contributed by atoms with Crippen molar-refractivity contribution in [3.63, 3.8) is 0 Å². The van der Waals surface area contributed by atoms with Crippen LogP contribution in [0.1, 0.15) is 0 Å². The average Bonchev–Trinajstić information content (AvgIpc) is 3.07. The molecule has 0 bridgehead atoms. The van der Waals surface area contributed by atoms with E-state index in [1.165, 1.54) is 0 Å². The molecule has 0 aliphatic heterocycles. The maximum absolute atomic E-state index is 6.08. The van der Waals surface area contributed by atoms with Crippen LogP contribution in [0.2, 0.25) is 5.02 Å². The molecule has 2 heterocycles. The Bertz CT molecular complexity index is 738. The quantitative estimate of drug-likeness (QED) is 0.783. The van der Waals surface area contributed by atoms with E-state index in [4.69, 9.17) is 26.6 Å². The molecule has 0 amide bonds. The summed E-state index contributed by atoms with van der Waals surface area (Å²) in [5.74, 6) is 0.913. The van der Waals surface area contributed by atoms with E-state index < -0.39 is 0 Å². The Kier molecular flexibility index (Phi) is 3.38. The minimum Gasteiger partial charge on any atom is -0.496 e. The molecule has 4 nitrogen and oxygen atoms in total. The molecule has 0 aliphatic carbocycles. The van der Waals surface area contributed by atoms with Gasteiger partial charge in [-0.3, -0.25) is 0 Å². The molecule has 0 saturated carbocycles. The largest absolute Gasteiger partial charge is 0.496 e. The second-order valence-corrected chi connectivity index (χ2v) is 5.48. The minimum absolute atomic E-state index is 0.244. The Balaban J connectivity index is 2.25. The second-order valence-electron chi connectivity index (χ2n) is 4.09. The van der Waals surface area contributed by atoms with Crippen LogP contribution in [0.5, 0.6) is 5.75 Å². The summed E-state index contributed by atoms with van der Waals surface area (Å²) in [6, 6.07) is 9.26. The van der Waals surface area contributed by atoms with Gasteiger partial charge >= 0.3 is 0 Å². The summed E-state index contributed by atoms with van der Waals surface area (Å²) in [5.41, 5.74) is 8.09. The van der Waals surface area contributed by atoms with Gasteiger partial charge in [-0.1, -0.05) is 22.8 Å². The van der Waals surface area contributed by atoms with Crippen LogP contribution >= 0.6 is 22.9 Å². The van der Waals surface area contributed by atoms with Gasteiger partial charge in [0, 0.05) is 10.6 Å². The first-order valence-electron chi connectivity index (χ1n) is 5.83. The first-order chi connectivity index (χ1) is 9.70. The highest BCUT2D eigenvalue weighted by Crippen LogP contribution is 2.42. The smallest absolute Gasteiger partial charge is 0.230 e. The summed E-state index contributed by atoms with van der Waals surface area (Å²) >= 11 is 7.64. The van der Waals surface area contributed by atoms with Crippen LogP contribution in [-0.4, -0.2) is 12.3 Å². The van der Waals surface area contributed by atoms with Crippen molar-refractivity contribution in [1.29, 1.82) is 0 Å². The van der Waals surface area contributed by atoms with Crippen LogP contribution in [0.15, 0.2) is 40.2 Å². The molecule has 1 aromatic carbocycles. The molecule has 0 radical (unpaired) electrons.